The molecule has 1 amide bonds. The molecule has 0 aliphatic rings. The molecule has 1 rings (SSSR count). The number of nitrogens with one attached hydrogen (secondary N) is 1. The van der Waals surface area contributed by atoms with Crippen LogP contribution in [-0.4, -0.2) is 16.4 Å². The molecule has 0 aliphatic heterocycles. The van der Waals surface area contributed by atoms with Gasteiger partial charge in [0, 0.05) is 17.8 Å². The van der Waals surface area contributed by atoms with Crippen molar-refractivity contribution in [2.45, 2.75) is 39.2 Å². The molecule has 0 saturated heterocycles. The van der Waals surface area contributed by atoms with Crippen LogP contribution in [0.3, 0.4) is 0 Å². The van der Waals surface area contributed by atoms with E-state index in [4.69, 9.17) is 5.73 Å². The summed E-state index contributed by atoms with van der Waals surface area (Å²) >= 11 is 0. The lowest BCUT2D eigenvalue weighted by Gasteiger charge is -2.25. The summed E-state index contributed by atoms with van der Waals surface area (Å²) in [5.41, 5.74) is 6.27. The van der Waals surface area contributed by atoms with Gasteiger partial charge in [0.25, 0.3) is 5.69 Å². The number of benzene rings is 1. The van der Waals surface area contributed by atoms with Crippen LogP contribution < -0.4 is 11.1 Å². The summed E-state index contributed by atoms with van der Waals surface area (Å²) in [6, 6.07) is 4.31. The highest BCUT2D eigenvalue weighted by Gasteiger charge is 2.30. The number of non-ortho nitro benzene ring substituents is 1. The van der Waals surface area contributed by atoms with Crippen molar-refractivity contribution < 1.29 is 9.72 Å². The molecule has 0 aromatic heterocycles. The van der Waals surface area contributed by atoms with Crippen molar-refractivity contribution >= 4 is 17.3 Å². The molecular weight excluding hydrogens is 246 g/mol. The van der Waals surface area contributed by atoms with Gasteiger partial charge in [-0.25, -0.2) is 0 Å². The van der Waals surface area contributed by atoms with E-state index in [-0.39, 0.29) is 11.6 Å². The SMILES string of the molecule is CCC(N)(CC)C(=O)Nc1ccc([N+](=O)[O-])cc1C. The molecule has 3 N–H and O–H groups in total. The fourth-order valence-electron chi connectivity index (χ4n) is 1.72. The molecule has 0 heterocycles. The number of carbonyl (C=O) groups excluding carboxylic acids is 1. The second kappa shape index (κ2) is 5.79. The molecule has 0 radical (unpaired) electrons. The minimum absolute atomic E-state index is 0.000457. The van der Waals surface area contributed by atoms with Crippen molar-refractivity contribution in [3.63, 3.8) is 0 Å². The average molecular weight is 265 g/mol. The van der Waals surface area contributed by atoms with Crippen LogP contribution in [0.4, 0.5) is 11.4 Å². The Bertz CT molecular complexity index is 496. The predicted molar refractivity (Wildman–Crippen MR) is 74.0 cm³/mol. The van der Waals surface area contributed by atoms with Gasteiger partial charge in [-0.05, 0) is 31.4 Å². The number of nitro groups is 1. The summed E-state index contributed by atoms with van der Waals surface area (Å²) in [6.07, 6.45) is 1.06. The van der Waals surface area contributed by atoms with Crippen LogP contribution in [0.1, 0.15) is 32.3 Å². The van der Waals surface area contributed by atoms with Crippen LogP contribution in [0.15, 0.2) is 18.2 Å². The zero-order valence-electron chi connectivity index (χ0n) is 11.4. The van der Waals surface area contributed by atoms with Crippen molar-refractivity contribution in [3.8, 4) is 0 Å². The number of carbonyl (C=O) groups is 1. The van der Waals surface area contributed by atoms with Gasteiger partial charge in [-0.2, -0.15) is 0 Å². The first-order valence-electron chi connectivity index (χ1n) is 6.19. The third-order valence-corrected chi connectivity index (χ3v) is 3.38. The van der Waals surface area contributed by atoms with Crippen LogP contribution in [0, 0.1) is 17.0 Å². The van der Waals surface area contributed by atoms with E-state index in [0.717, 1.165) is 0 Å². The zero-order valence-corrected chi connectivity index (χ0v) is 11.4. The number of aryl methyl sites for hydroxylation is 1. The molecule has 0 aliphatic carbocycles. The number of hydrogen-bond donors (Lipinski definition) is 2. The molecule has 1 aromatic carbocycles. The third kappa shape index (κ3) is 3.29. The van der Waals surface area contributed by atoms with Gasteiger partial charge >= 0.3 is 0 Å². The predicted octanol–water partition coefficient (Wildman–Crippen LogP) is 2.36. The molecule has 0 unspecified atom stereocenters. The van der Waals surface area contributed by atoms with E-state index in [1.807, 2.05) is 13.8 Å². The first kappa shape index (κ1) is 15.1. The third-order valence-electron chi connectivity index (χ3n) is 3.38. The highest BCUT2D eigenvalue weighted by Crippen LogP contribution is 2.23. The molecule has 6 heteroatoms. The first-order chi connectivity index (χ1) is 8.84. The zero-order chi connectivity index (χ0) is 14.6. The van der Waals surface area contributed by atoms with E-state index in [9.17, 15) is 14.9 Å². The highest BCUT2D eigenvalue weighted by atomic mass is 16.6. The Morgan fingerprint density at radius 1 is 1.42 bits per heavy atom. The van der Waals surface area contributed by atoms with E-state index in [1.165, 1.54) is 18.2 Å². The van der Waals surface area contributed by atoms with Gasteiger partial charge in [0.1, 0.15) is 0 Å². The van der Waals surface area contributed by atoms with Crippen molar-refractivity contribution in [1.82, 2.24) is 0 Å². The monoisotopic (exact) mass is 265 g/mol. The van der Waals surface area contributed by atoms with E-state index in [2.05, 4.69) is 5.32 Å². The number of rotatable bonds is 5. The standard InChI is InChI=1S/C13H19N3O3/c1-4-13(14,5-2)12(17)15-11-7-6-10(16(18)19)8-9(11)3/h6-8H,4-5,14H2,1-3H3,(H,15,17). The smallest absolute Gasteiger partial charge is 0.269 e. The summed E-state index contributed by atoms with van der Waals surface area (Å²) in [7, 11) is 0. The Kier molecular flexibility index (Phi) is 4.61. The van der Waals surface area contributed by atoms with Crippen LogP contribution in [0.25, 0.3) is 0 Å². The van der Waals surface area contributed by atoms with Gasteiger partial charge < -0.3 is 11.1 Å². The van der Waals surface area contributed by atoms with Gasteiger partial charge in [0.05, 0.1) is 10.5 Å². The van der Waals surface area contributed by atoms with Gasteiger partial charge in [-0.15, -0.1) is 0 Å². The number of nitrogens with zero attached hydrogens (tertiary/aromatic N) is 1. The van der Waals surface area contributed by atoms with Gasteiger partial charge in [0.15, 0.2) is 0 Å². The number of anilines is 1. The fraction of sp³-hybridized carbons (Fsp3) is 0.462. The quantitative estimate of drug-likeness (QED) is 0.630. The maximum absolute atomic E-state index is 12.1. The molecule has 0 atom stereocenters. The van der Waals surface area contributed by atoms with Crippen LogP contribution in [-0.2, 0) is 4.79 Å². The second-order valence-corrected chi connectivity index (χ2v) is 4.57. The van der Waals surface area contributed by atoms with E-state index in [1.54, 1.807) is 6.92 Å². The Morgan fingerprint density at radius 3 is 2.42 bits per heavy atom. The lowest BCUT2D eigenvalue weighted by molar-refractivity contribution is -0.384. The molecule has 1 aromatic rings. The summed E-state index contributed by atoms with van der Waals surface area (Å²) in [5, 5.41) is 13.4. The molecular formula is C13H19N3O3. The molecule has 0 fully saturated rings. The summed E-state index contributed by atoms with van der Waals surface area (Å²) in [5.74, 6) is -0.269. The van der Waals surface area contributed by atoms with Crippen molar-refractivity contribution in [2.24, 2.45) is 5.73 Å². The van der Waals surface area contributed by atoms with Crippen LogP contribution in [0.5, 0.6) is 0 Å². The molecule has 0 spiro atoms. The van der Waals surface area contributed by atoms with E-state index < -0.39 is 10.5 Å². The average Bonchev–Trinajstić information content (AvgIpc) is 2.39. The maximum Gasteiger partial charge on any atom is 0.269 e. The van der Waals surface area contributed by atoms with Crippen LogP contribution in [0.2, 0.25) is 0 Å². The van der Waals surface area contributed by atoms with Crippen molar-refractivity contribution in [2.75, 3.05) is 5.32 Å². The van der Waals surface area contributed by atoms with E-state index >= 15 is 0 Å². The minimum atomic E-state index is -0.909. The summed E-state index contributed by atoms with van der Waals surface area (Å²) < 4.78 is 0. The van der Waals surface area contributed by atoms with Gasteiger partial charge in [-0.1, -0.05) is 13.8 Å². The number of amides is 1. The molecule has 6 nitrogen and oxygen atoms in total. The fourth-order valence-corrected chi connectivity index (χ4v) is 1.72. The maximum atomic E-state index is 12.1. The molecule has 19 heavy (non-hydrogen) atoms. The van der Waals surface area contributed by atoms with Crippen molar-refractivity contribution in [1.29, 1.82) is 0 Å². The Hall–Kier alpha value is -1.95. The normalized spacial score (nSPS) is 11.2. The summed E-state index contributed by atoms with van der Waals surface area (Å²) in [4.78, 5) is 22.3. The largest absolute Gasteiger partial charge is 0.324 e. The number of nitrogens with two attached hydrogens (primary N) is 1. The van der Waals surface area contributed by atoms with Gasteiger partial charge in [-0.3, -0.25) is 14.9 Å². The van der Waals surface area contributed by atoms with Crippen LogP contribution >= 0.6 is 0 Å². The Balaban J connectivity index is 2.95. The molecule has 0 saturated carbocycles. The Labute approximate surface area is 112 Å². The number of hydrogen-bond acceptors (Lipinski definition) is 4. The van der Waals surface area contributed by atoms with E-state index in [0.29, 0.717) is 24.1 Å². The Morgan fingerprint density at radius 2 is 2.00 bits per heavy atom. The minimum Gasteiger partial charge on any atom is -0.324 e. The van der Waals surface area contributed by atoms with Crippen molar-refractivity contribution in [3.05, 3.63) is 33.9 Å². The first-order valence-corrected chi connectivity index (χ1v) is 6.19. The summed E-state index contributed by atoms with van der Waals surface area (Å²) in [6.45, 7) is 5.41. The lowest BCUT2D eigenvalue weighted by atomic mass is 9.93. The second-order valence-electron chi connectivity index (χ2n) is 4.57. The van der Waals surface area contributed by atoms with Gasteiger partial charge in [0.2, 0.25) is 5.91 Å². The lowest BCUT2D eigenvalue weighted by Crippen LogP contribution is -2.50. The topological polar surface area (TPSA) is 98.3 Å². The molecule has 104 valence electrons. The molecule has 0 bridgehead atoms. The number of nitro benzene ring substituents is 1. The highest BCUT2D eigenvalue weighted by molar-refractivity contribution is 5.98.